The maximum Gasteiger partial charge on any atom is 0.472 e. The molecule has 5 nitrogen and oxygen atoms in total. The first kappa shape index (κ1) is 17.1. The quantitative estimate of drug-likeness (QED) is 0.679. The minimum Gasteiger partial charge on any atom is -0.508 e. The monoisotopic (exact) mass is 325 g/mol. The fourth-order valence-corrected chi connectivity index (χ4v) is 1.75. The summed E-state index contributed by atoms with van der Waals surface area (Å²) in [6.07, 6.45) is -5.50. The van der Waals surface area contributed by atoms with E-state index in [0.717, 1.165) is 7.11 Å². The Morgan fingerprint density at radius 3 is 2.29 bits per heavy atom. The van der Waals surface area contributed by atoms with Crippen LogP contribution in [0.25, 0.3) is 0 Å². The first-order valence-corrected chi connectivity index (χ1v) is 5.92. The van der Waals surface area contributed by atoms with Crippen LogP contribution >= 0.6 is 11.8 Å². The third kappa shape index (κ3) is 4.52. The number of ether oxygens (including phenoxy) is 1. The number of phenolic OH excluding ortho intramolecular Hbond substituents is 1. The second-order valence-electron chi connectivity index (χ2n) is 4.02. The summed E-state index contributed by atoms with van der Waals surface area (Å²) in [5.41, 5.74) is 0.392. The number of carbonyl (C=O) groups excluding carboxylic acids is 2. The van der Waals surface area contributed by atoms with Crippen molar-refractivity contribution in [3.05, 3.63) is 29.8 Å². The zero-order valence-corrected chi connectivity index (χ0v) is 11.5. The largest absolute Gasteiger partial charge is 0.508 e. The van der Waals surface area contributed by atoms with Gasteiger partial charge in [0.2, 0.25) is 0 Å². The standard InChI is InChI=1S/C12H11ClF3NO4/c1-21-10(19)9(17(13)11(20)12(14,15)16)6-7-2-4-8(18)5-3-7/h2-5,9,18H,6H2,1H3/t9-/m0/s1. The van der Waals surface area contributed by atoms with E-state index < -0.39 is 24.1 Å². The third-order valence-electron chi connectivity index (χ3n) is 2.55. The van der Waals surface area contributed by atoms with Crippen molar-refractivity contribution >= 4 is 23.7 Å². The molecule has 0 saturated carbocycles. The summed E-state index contributed by atoms with van der Waals surface area (Å²) in [5.74, 6) is -3.50. The molecule has 0 fully saturated rings. The highest BCUT2D eigenvalue weighted by molar-refractivity contribution is 6.23. The number of benzene rings is 1. The van der Waals surface area contributed by atoms with E-state index in [1.54, 1.807) is 0 Å². The van der Waals surface area contributed by atoms with Crippen molar-refractivity contribution in [2.45, 2.75) is 18.6 Å². The topological polar surface area (TPSA) is 66.8 Å². The normalized spacial score (nSPS) is 12.6. The Hall–Kier alpha value is -1.96. The van der Waals surface area contributed by atoms with E-state index in [9.17, 15) is 22.8 Å². The fourth-order valence-electron chi connectivity index (χ4n) is 1.51. The van der Waals surface area contributed by atoms with Crippen molar-refractivity contribution in [3.63, 3.8) is 0 Å². The Kier molecular flexibility index (Phi) is 5.42. The number of carbonyl (C=O) groups is 2. The number of hydrogen-bond donors (Lipinski definition) is 1. The van der Waals surface area contributed by atoms with Gasteiger partial charge in [0.1, 0.15) is 5.75 Å². The lowest BCUT2D eigenvalue weighted by atomic mass is 10.1. The lowest BCUT2D eigenvalue weighted by Crippen LogP contribution is -2.46. The molecule has 116 valence electrons. The molecule has 0 unspecified atom stereocenters. The number of hydrogen-bond acceptors (Lipinski definition) is 4. The smallest absolute Gasteiger partial charge is 0.472 e. The number of esters is 1. The molecule has 1 N–H and O–H groups in total. The summed E-state index contributed by atoms with van der Waals surface area (Å²) in [7, 11) is 0.967. The zero-order valence-electron chi connectivity index (χ0n) is 10.7. The van der Waals surface area contributed by atoms with Gasteiger partial charge in [-0.1, -0.05) is 12.1 Å². The van der Waals surface area contributed by atoms with Crippen LogP contribution in [0.5, 0.6) is 5.75 Å². The van der Waals surface area contributed by atoms with Gasteiger partial charge in [-0.3, -0.25) is 4.79 Å². The highest BCUT2D eigenvalue weighted by Crippen LogP contribution is 2.24. The zero-order chi connectivity index (χ0) is 16.2. The molecule has 0 aliphatic heterocycles. The number of phenols is 1. The van der Waals surface area contributed by atoms with Crippen molar-refractivity contribution in [2.24, 2.45) is 0 Å². The van der Waals surface area contributed by atoms with Gasteiger partial charge in [0, 0.05) is 18.2 Å². The van der Waals surface area contributed by atoms with Crippen LogP contribution in [0.1, 0.15) is 5.56 Å². The van der Waals surface area contributed by atoms with Crippen LogP contribution in [-0.2, 0) is 20.7 Å². The van der Waals surface area contributed by atoms with Crippen molar-refractivity contribution < 1.29 is 32.6 Å². The molecule has 0 heterocycles. The van der Waals surface area contributed by atoms with Crippen LogP contribution in [0.15, 0.2) is 24.3 Å². The highest BCUT2D eigenvalue weighted by Gasteiger charge is 2.46. The van der Waals surface area contributed by atoms with Gasteiger partial charge < -0.3 is 9.84 Å². The predicted molar refractivity (Wildman–Crippen MR) is 66.4 cm³/mol. The number of rotatable bonds is 4. The molecule has 1 atom stereocenters. The summed E-state index contributed by atoms with van der Waals surface area (Å²) in [4.78, 5) is 22.6. The number of alkyl halides is 3. The van der Waals surface area contributed by atoms with Gasteiger partial charge in [0.25, 0.3) is 0 Å². The van der Waals surface area contributed by atoms with E-state index in [1.165, 1.54) is 24.3 Å². The Morgan fingerprint density at radius 1 is 1.33 bits per heavy atom. The van der Waals surface area contributed by atoms with E-state index in [1.807, 2.05) is 0 Å². The van der Waals surface area contributed by atoms with E-state index in [0.29, 0.717) is 5.56 Å². The summed E-state index contributed by atoms with van der Waals surface area (Å²) < 4.78 is 41.2. The third-order valence-corrected chi connectivity index (χ3v) is 2.94. The first-order valence-electron chi connectivity index (χ1n) is 5.58. The van der Waals surface area contributed by atoms with Crippen molar-refractivity contribution in [2.75, 3.05) is 7.11 Å². The SMILES string of the molecule is COC(=O)[C@H](Cc1ccc(O)cc1)N(Cl)C(=O)C(F)(F)F. The second kappa shape index (κ2) is 6.66. The van der Waals surface area contributed by atoms with Crippen LogP contribution in [0, 0.1) is 0 Å². The minimum atomic E-state index is -5.21. The van der Waals surface area contributed by atoms with Crippen LogP contribution in [-0.4, -0.2) is 40.7 Å². The van der Waals surface area contributed by atoms with Crippen LogP contribution in [0.2, 0.25) is 0 Å². The van der Waals surface area contributed by atoms with Gasteiger partial charge in [-0.05, 0) is 17.7 Å². The highest BCUT2D eigenvalue weighted by atomic mass is 35.5. The van der Waals surface area contributed by atoms with E-state index >= 15 is 0 Å². The Balaban J connectivity index is 2.98. The molecule has 1 rings (SSSR count). The molecular formula is C12H11ClF3NO4. The number of aromatic hydroxyl groups is 1. The average molecular weight is 326 g/mol. The Bertz CT molecular complexity index is 518. The lowest BCUT2D eigenvalue weighted by molar-refractivity contribution is -0.183. The van der Waals surface area contributed by atoms with Crippen molar-refractivity contribution in [3.8, 4) is 5.75 Å². The van der Waals surface area contributed by atoms with E-state index in [4.69, 9.17) is 16.9 Å². The lowest BCUT2D eigenvalue weighted by Gasteiger charge is -2.24. The minimum absolute atomic E-state index is 0.0533. The number of amides is 1. The van der Waals surface area contributed by atoms with Gasteiger partial charge in [0.05, 0.1) is 7.11 Å². The van der Waals surface area contributed by atoms with Crippen LogP contribution in [0.3, 0.4) is 0 Å². The molecule has 0 radical (unpaired) electrons. The van der Waals surface area contributed by atoms with Gasteiger partial charge in [0.15, 0.2) is 6.04 Å². The molecule has 0 aliphatic carbocycles. The van der Waals surface area contributed by atoms with E-state index in [2.05, 4.69) is 4.74 Å². The molecule has 0 aromatic heterocycles. The molecule has 1 amide bonds. The molecular weight excluding hydrogens is 315 g/mol. The number of nitrogens with zero attached hydrogens (tertiary/aromatic N) is 1. The van der Waals surface area contributed by atoms with Crippen LogP contribution in [0.4, 0.5) is 13.2 Å². The first-order chi connectivity index (χ1) is 9.66. The molecule has 0 aliphatic rings. The average Bonchev–Trinajstić information content (AvgIpc) is 2.43. The maximum atomic E-state index is 12.4. The van der Waals surface area contributed by atoms with Crippen LogP contribution < -0.4 is 0 Å². The summed E-state index contributed by atoms with van der Waals surface area (Å²) in [5, 5.41) is 9.12. The van der Waals surface area contributed by atoms with Gasteiger partial charge in [-0.15, -0.1) is 0 Å². The van der Waals surface area contributed by atoms with E-state index in [-0.39, 0.29) is 16.6 Å². The predicted octanol–water partition coefficient (Wildman–Crippen LogP) is 2.02. The summed E-state index contributed by atoms with van der Waals surface area (Å²) >= 11 is 5.35. The van der Waals surface area contributed by atoms with Gasteiger partial charge in [-0.2, -0.15) is 13.2 Å². The molecule has 21 heavy (non-hydrogen) atoms. The number of methoxy groups -OCH3 is 1. The Labute approximate surface area is 123 Å². The molecule has 9 heteroatoms. The summed E-state index contributed by atoms with van der Waals surface area (Å²) in [6.45, 7) is 0. The second-order valence-corrected chi connectivity index (χ2v) is 4.39. The molecule has 1 aromatic carbocycles. The molecule has 1 aromatic rings. The van der Waals surface area contributed by atoms with Crippen molar-refractivity contribution in [1.29, 1.82) is 0 Å². The summed E-state index contributed by atoms with van der Waals surface area (Å²) in [6, 6.07) is 3.69. The molecule has 0 saturated heterocycles. The van der Waals surface area contributed by atoms with Gasteiger partial charge in [-0.25, -0.2) is 9.21 Å². The molecule has 0 spiro atoms. The van der Waals surface area contributed by atoms with Crippen molar-refractivity contribution in [1.82, 2.24) is 4.42 Å². The number of halogens is 4. The Morgan fingerprint density at radius 2 is 1.86 bits per heavy atom. The fraction of sp³-hybridized carbons (Fsp3) is 0.333. The van der Waals surface area contributed by atoms with Gasteiger partial charge >= 0.3 is 18.1 Å². The maximum absolute atomic E-state index is 12.4. The molecule has 0 bridgehead atoms.